The van der Waals surface area contributed by atoms with Gasteiger partial charge >= 0.3 is 5.97 Å². The summed E-state index contributed by atoms with van der Waals surface area (Å²) in [6, 6.07) is 2.09. The molecule has 0 amide bonds. The number of hydrogen-bond acceptors (Lipinski definition) is 4. The number of allylic oxidation sites excluding steroid dienone is 4. The fraction of sp³-hybridized carbons (Fsp3) is 0.526. The number of nitriles is 1. The standard InChI is InChI=1S/C19H23NO3/c1-6-7-13-12(3)16(9-15(13)21)23-18(22)17-14(19(17,4)5)8-11(2)10-20/h6,8,14,16-17H,1,7,9H2,2-5H3. The van der Waals surface area contributed by atoms with E-state index in [0.29, 0.717) is 17.6 Å². The molecule has 0 spiro atoms. The minimum absolute atomic E-state index is 0.0173. The number of ether oxygens (including phenoxy) is 1. The van der Waals surface area contributed by atoms with Gasteiger partial charge in [-0.2, -0.15) is 5.26 Å². The van der Waals surface area contributed by atoms with Crippen molar-refractivity contribution in [3.63, 3.8) is 0 Å². The van der Waals surface area contributed by atoms with Crippen LogP contribution < -0.4 is 0 Å². The van der Waals surface area contributed by atoms with E-state index in [1.807, 2.05) is 26.8 Å². The molecule has 122 valence electrons. The second-order valence-corrected chi connectivity index (χ2v) is 6.99. The molecular formula is C19H23NO3. The molecule has 0 aliphatic heterocycles. The van der Waals surface area contributed by atoms with E-state index in [-0.39, 0.29) is 35.4 Å². The third-order valence-electron chi connectivity index (χ3n) is 5.04. The lowest BCUT2D eigenvalue weighted by Crippen LogP contribution is -2.20. The van der Waals surface area contributed by atoms with Crippen molar-refractivity contribution in [2.24, 2.45) is 17.3 Å². The van der Waals surface area contributed by atoms with Crippen LogP contribution in [0.25, 0.3) is 0 Å². The fourth-order valence-corrected chi connectivity index (χ4v) is 3.37. The fourth-order valence-electron chi connectivity index (χ4n) is 3.37. The van der Waals surface area contributed by atoms with Crippen LogP contribution in [-0.2, 0) is 14.3 Å². The Morgan fingerprint density at radius 1 is 1.52 bits per heavy atom. The summed E-state index contributed by atoms with van der Waals surface area (Å²) in [6.07, 6.45) is 3.82. The zero-order chi connectivity index (χ0) is 17.4. The summed E-state index contributed by atoms with van der Waals surface area (Å²) >= 11 is 0. The van der Waals surface area contributed by atoms with E-state index < -0.39 is 6.10 Å². The zero-order valence-electron chi connectivity index (χ0n) is 14.2. The molecule has 0 bridgehead atoms. The predicted octanol–water partition coefficient (Wildman–Crippen LogP) is 3.51. The topological polar surface area (TPSA) is 67.2 Å². The van der Waals surface area contributed by atoms with E-state index in [2.05, 4.69) is 12.6 Å². The number of hydrogen-bond donors (Lipinski definition) is 0. The molecule has 0 aromatic rings. The van der Waals surface area contributed by atoms with Gasteiger partial charge in [-0.25, -0.2) is 0 Å². The van der Waals surface area contributed by atoms with Crippen molar-refractivity contribution in [2.75, 3.05) is 0 Å². The van der Waals surface area contributed by atoms with E-state index in [4.69, 9.17) is 10.00 Å². The maximum absolute atomic E-state index is 12.5. The van der Waals surface area contributed by atoms with Crippen molar-refractivity contribution in [1.82, 2.24) is 0 Å². The van der Waals surface area contributed by atoms with Gasteiger partial charge in [0.2, 0.25) is 0 Å². The van der Waals surface area contributed by atoms with Crippen molar-refractivity contribution in [1.29, 1.82) is 5.26 Å². The van der Waals surface area contributed by atoms with Crippen LogP contribution in [0.15, 0.2) is 35.5 Å². The van der Waals surface area contributed by atoms with Crippen LogP contribution in [0, 0.1) is 28.6 Å². The molecule has 0 saturated heterocycles. The van der Waals surface area contributed by atoms with E-state index in [0.717, 1.165) is 5.57 Å². The summed E-state index contributed by atoms with van der Waals surface area (Å²) in [5, 5.41) is 8.89. The summed E-state index contributed by atoms with van der Waals surface area (Å²) in [7, 11) is 0. The van der Waals surface area contributed by atoms with Crippen LogP contribution in [-0.4, -0.2) is 17.9 Å². The average molecular weight is 313 g/mol. The Bertz CT molecular complexity index is 661. The lowest BCUT2D eigenvalue weighted by atomic mass is 10.1. The Morgan fingerprint density at radius 2 is 2.17 bits per heavy atom. The van der Waals surface area contributed by atoms with Gasteiger partial charge in [0.1, 0.15) is 6.10 Å². The maximum Gasteiger partial charge on any atom is 0.310 e. The number of carbonyl (C=O) groups excluding carboxylic acids is 2. The highest BCUT2D eigenvalue weighted by atomic mass is 16.5. The van der Waals surface area contributed by atoms with Gasteiger partial charge in [-0.3, -0.25) is 9.59 Å². The SMILES string of the molecule is C=CCC1=C(C)C(OC(=O)C2C(C=C(C)C#N)C2(C)C)CC1=O. The number of esters is 1. The third kappa shape index (κ3) is 3.14. The lowest BCUT2D eigenvalue weighted by Gasteiger charge is -2.13. The highest BCUT2D eigenvalue weighted by Crippen LogP contribution is 2.60. The number of rotatable bonds is 5. The van der Waals surface area contributed by atoms with Gasteiger partial charge in [0, 0.05) is 11.1 Å². The van der Waals surface area contributed by atoms with Crippen molar-refractivity contribution < 1.29 is 14.3 Å². The largest absolute Gasteiger partial charge is 0.457 e. The predicted molar refractivity (Wildman–Crippen MR) is 87.1 cm³/mol. The highest BCUT2D eigenvalue weighted by Gasteiger charge is 2.62. The smallest absolute Gasteiger partial charge is 0.310 e. The third-order valence-corrected chi connectivity index (χ3v) is 5.04. The van der Waals surface area contributed by atoms with Gasteiger partial charge in [0.05, 0.1) is 18.4 Å². The molecule has 0 aromatic carbocycles. The van der Waals surface area contributed by atoms with Crippen molar-refractivity contribution in [3.05, 3.63) is 35.5 Å². The first-order valence-electron chi connectivity index (χ1n) is 7.86. The normalized spacial score (nSPS) is 29.3. The van der Waals surface area contributed by atoms with Crippen LogP contribution in [0.3, 0.4) is 0 Å². The average Bonchev–Trinajstić information content (AvgIpc) is 2.92. The summed E-state index contributed by atoms with van der Waals surface area (Å²) in [4.78, 5) is 24.5. The Balaban J connectivity index is 2.08. The van der Waals surface area contributed by atoms with Crippen LogP contribution in [0.1, 0.15) is 40.5 Å². The van der Waals surface area contributed by atoms with E-state index in [1.165, 1.54) is 0 Å². The minimum atomic E-state index is -0.456. The van der Waals surface area contributed by atoms with E-state index in [1.54, 1.807) is 13.0 Å². The number of Topliss-reactive ketones (excluding diaryl/α,β-unsaturated/α-hetero) is 1. The van der Waals surface area contributed by atoms with Gasteiger partial charge in [0.15, 0.2) is 5.78 Å². The molecule has 0 N–H and O–H groups in total. The molecule has 23 heavy (non-hydrogen) atoms. The van der Waals surface area contributed by atoms with Gasteiger partial charge in [0.25, 0.3) is 0 Å². The molecule has 3 atom stereocenters. The van der Waals surface area contributed by atoms with Gasteiger partial charge < -0.3 is 4.74 Å². The molecule has 0 aromatic heterocycles. The van der Waals surface area contributed by atoms with Crippen LogP contribution in [0.2, 0.25) is 0 Å². The van der Waals surface area contributed by atoms with Crippen LogP contribution in [0.5, 0.6) is 0 Å². The highest BCUT2D eigenvalue weighted by molar-refractivity contribution is 6.00. The van der Waals surface area contributed by atoms with Crippen LogP contribution >= 0.6 is 0 Å². The van der Waals surface area contributed by atoms with E-state index in [9.17, 15) is 9.59 Å². The van der Waals surface area contributed by atoms with Crippen molar-refractivity contribution >= 4 is 11.8 Å². The molecule has 2 rings (SSSR count). The zero-order valence-corrected chi connectivity index (χ0v) is 14.2. The number of carbonyl (C=O) groups is 2. The van der Waals surface area contributed by atoms with Gasteiger partial charge in [-0.05, 0) is 37.2 Å². The Labute approximate surface area is 137 Å². The van der Waals surface area contributed by atoms with Gasteiger partial charge in [-0.15, -0.1) is 6.58 Å². The molecule has 2 aliphatic carbocycles. The Hall–Kier alpha value is -2.15. The molecule has 0 heterocycles. The molecular weight excluding hydrogens is 290 g/mol. The molecule has 4 heteroatoms. The second kappa shape index (κ2) is 6.16. The number of ketones is 1. The Kier molecular flexibility index (Phi) is 4.61. The van der Waals surface area contributed by atoms with Crippen LogP contribution in [0.4, 0.5) is 0 Å². The summed E-state index contributed by atoms with van der Waals surface area (Å²) in [6.45, 7) is 11.2. The molecule has 3 unspecified atom stereocenters. The number of nitrogens with zero attached hydrogens (tertiary/aromatic N) is 1. The molecule has 2 aliphatic rings. The molecule has 1 fully saturated rings. The summed E-state index contributed by atoms with van der Waals surface area (Å²) in [5.41, 5.74) is 1.95. The minimum Gasteiger partial charge on any atom is -0.457 e. The lowest BCUT2D eigenvalue weighted by molar-refractivity contribution is -0.150. The molecule has 4 nitrogen and oxygen atoms in total. The van der Waals surface area contributed by atoms with Crippen molar-refractivity contribution in [2.45, 2.75) is 46.6 Å². The van der Waals surface area contributed by atoms with Gasteiger partial charge in [-0.1, -0.05) is 26.0 Å². The first-order chi connectivity index (χ1) is 10.7. The summed E-state index contributed by atoms with van der Waals surface area (Å²) < 4.78 is 5.61. The second-order valence-electron chi connectivity index (χ2n) is 6.99. The Morgan fingerprint density at radius 3 is 2.74 bits per heavy atom. The van der Waals surface area contributed by atoms with Crippen molar-refractivity contribution in [3.8, 4) is 6.07 Å². The summed E-state index contributed by atoms with van der Waals surface area (Å²) in [5.74, 6) is -0.480. The first kappa shape index (κ1) is 17.2. The quantitative estimate of drug-likeness (QED) is 0.442. The monoisotopic (exact) mass is 313 g/mol. The van der Waals surface area contributed by atoms with E-state index >= 15 is 0 Å². The molecule has 1 saturated carbocycles. The molecule has 0 radical (unpaired) electrons. The first-order valence-corrected chi connectivity index (χ1v) is 7.86. The maximum atomic E-state index is 12.5.